The van der Waals surface area contributed by atoms with Gasteiger partial charge in [-0.1, -0.05) is 30.7 Å². The Labute approximate surface area is 167 Å². The Morgan fingerprint density at radius 1 is 1.04 bits per heavy atom. The van der Waals surface area contributed by atoms with Gasteiger partial charge >= 0.3 is 0 Å². The molecule has 2 aromatic rings. The molecule has 6 nitrogen and oxygen atoms in total. The van der Waals surface area contributed by atoms with Crippen LogP contribution in [0.15, 0.2) is 53.4 Å². The second-order valence-corrected chi connectivity index (χ2v) is 8.97. The zero-order valence-corrected chi connectivity index (χ0v) is 17.0. The van der Waals surface area contributed by atoms with Gasteiger partial charge in [-0.15, -0.1) is 0 Å². The van der Waals surface area contributed by atoms with Crippen LogP contribution < -0.4 is 10.6 Å². The molecular formula is C21H27N3O3S. The number of carbonyl (C=O) groups is 1. The molecule has 3 rings (SSSR count). The van der Waals surface area contributed by atoms with E-state index in [4.69, 9.17) is 0 Å². The number of anilines is 2. The van der Waals surface area contributed by atoms with Crippen LogP contribution in [0, 0.1) is 6.92 Å². The normalized spacial score (nSPS) is 15.2. The molecule has 1 heterocycles. The van der Waals surface area contributed by atoms with Gasteiger partial charge in [0.1, 0.15) is 0 Å². The lowest BCUT2D eigenvalue weighted by Gasteiger charge is -2.26. The average molecular weight is 402 g/mol. The lowest BCUT2D eigenvalue weighted by Crippen LogP contribution is -2.35. The SMILES string of the molecule is Cc1ccccc1NCCC(=O)Nc1cccc(S(=O)(=O)N2CCCCC2)c1. The highest BCUT2D eigenvalue weighted by Crippen LogP contribution is 2.23. The Bertz CT molecular complexity index is 922. The summed E-state index contributed by atoms with van der Waals surface area (Å²) in [5.41, 5.74) is 2.63. The first-order valence-corrected chi connectivity index (χ1v) is 11.1. The monoisotopic (exact) mass is 401 g/mol. The van der Waals surface area contributed by atoms with Crippen LogP contribution in [0.5, 0.6) is 0 Å². The van der Waals surface area contributed by atoms with E-state index in [2.05, 4.69) is 10.6 Å². The number of piperidine rings is 1. The van der Waals surface area contributed by atoms with Crippen LogP contribution in [-0.2, 0) is 14.8 Å². The first-order valence-electron chi connectivity index (χ1n) is 9.66. The fourth-order valence-electron chi connectivity index (χ4n) is 3.29. The van der Waals surface area contributed by atoms with Crippen molar-refractivity contribution in [1.29, 1.82) is 0 Å². The molecule has 0 saturated carbocycles. The van der Waals surface area contributed by atoms with Gasteiger partial charge in [-0.05, 0) is 49.6 Å². The average Bonchev–Trinajstić information content (AvgIpc) is 2.70. The first kappa shape index (κ1) is 20.4. The molecule has 0 aromatic heterocycles. The van der Waals surface area contributed by atoms with E-state index in [1.54, 1.807) is 18.2 Å². The van der Waals surface area contributed by atoms with E-state index < -0.39 is 10.0 Å². The number of para-hydroxylation sites is 1. The number of rotatable bonds is 7. The van der Waals surface area contributed by atoms with Gasteiger partial charge in [-0.3, -0.25) is 4.79 Å². The fourth-order valence-corrected chi connectivity index (χ4v) is 4.86. The van der Waals surface area contributed by atoms with Crippen LogP contribution in [-0.4, -0.2) is 38.3 Å². The van der Waals surface area contributed by atoms with Crippen LogP contribution in [0.1, 0.15) is 31.2 Å². The van der Waals surface area contributed by atoms with Crippen molar-refractivity contribution in [2.24, 2.45) is 0 Å². The van der Waals surface area contributed by atoms with Crippen molar-refractivity contribution in [3.05, 3.63) is 54.1 Å². The van der Waals surface area contributed by atoms with E-state index in [9.17, 15) is 13.2 Å². The Hall–Kier alpha value is -2.38. The molecule has 1 amide bonds. The van der Waals surface area contributed by atoms with E-state index >= 15 is 0 Å². The summed E-state index contributed by atoms with van der Waals surface area (Å²) < 4.78 is 27.1. The topological polar surface area (TPSA) is 78.5 Å². The number of nitrogens with zero attached hydrogens (tertiary/aromatic N) is 1. The molecule has 1 aliphatic heterocycles. The van der Waals surface area contributed by atoms with E-state index in [0.717, 1.165) is 30.5 Å². The molecule has 0 spiro atoms. The molecule has 150 valence electrons. The Kier molecular flexibility index (Phi) is 6.70. The Morgan fingerprint density at radius 3 is 2.54 bits per heavy atom. The maximum absolute atomic E-state index is 12.8. The summed E-state index contributed by atoms with van der Waals surface area (Å²) in [5.74, 6) is -0.159. The summed E-state index contributed by atoms with van der Waals surface area (Å²) in [6, 6.07) is 14.4. The molecule has 0 radical (unpaired) electrons. The third kappa shape index (κ3) is 5.11. The molecule has 2 N–H and O–H groups in total. The van der Waals surface area contributed by atoms with Crippen molar-refractivity contribution in [2.75, 3.05) is 30.3 Å². The minimum absolute atomic E-state index is 0.159. The number of hydrogen-bond donors (Lipinski definition) is 2. The molecule has 0 aliphatic carbocycles. The van der Waals surface area contributed by atoms with Crippen LogP contribution in [0.4, 0.5) is 11.4 Å². The van der Waals surface area contributed by atoms with Crippen molar-refractivity contribution >= 4 is 27.3 Å². The van der Waals surface area contributed by atoms with Crippen LogP contribution in [0.2, 0.25) is 0 Å². The summed E-state index contributed by atoms with van der Waals surface area (Å²) in [6.07, 6.45) is 3.14. The lowest BCUT2D eigenvalue weighted by molar-refractivity contribution is -0.115. The number of hydrogen-bond acceptors (Lipinski definition) is 4. The maximum Gasteiger partial charge on any atom is 0.243 e. The zero-order chi connectivity index (χ0) is 20.0. The van der Waals surface area contributed by atoms with Crippen LogP contribution in [0.3, 0.4) is 0 Å². The van der Waals surface area contributed by atoms with E-state index in [1.807, 2.05) is 31.2 Å². The number of sulfonamides is 1. The number of aryl methyl sites for hydroxylation is 1. The van der Waals surface area contributed by atoms with Gasteiger partial charge in [0.15, 0.2) is 0 Å². The van der Waals surface area contributed by atoms with Crippen LogP contribution in [0.25, 0.3) is 0 Å². The summed E-state index contributed by atoms with van der Waals surface area (Å²) in [4.78, 5) is 12.5. The second kappa shape index (κ2) is 9.21. The third-order valence-electron chi connectivity index (χ3n) is 4.88. The van der Waals surface area contributed by atoms with Gasteiger partial charge in [0.25, 0.3) is 0 Å². The molecule has 7 heteroatoms. The highest BCUT2D eigenvalue weighted by atomic mass is 32.2. The Balaban J connectivity index is 1.58. The summed E-state index contributed by atoms with van der Waals surface area (Å²) >= 11 is 0. The van der Waals surface area contributed by atoms with Gasteiger partial charge in [0.2, 0.25) is 15.9 Å². The third-order valence-corrected chi connectivity index (χ3v) is 6.78. The molecular weight excluding hydrogens is 374 g/mol. The number of benzene rings is 2. The minimum Gasteiger partial charge on any atom is -0.384 e. The smallest absolute Gasteiger partial charge is 0.243 e. The summed E-state index contributed by atoms with van der Waals surface area (Å²) in [7, 11) is -3.51. The van der Waals surface area contributed by atoms with Crippen molar-refractivity contribution in [2.45, 2.75) is 37.5 Å². The van der Waals surface area contributed by atoms with Gasteiger partial charge in [-0.25, -0.2) is 8.42 Å². The van der Waals surface area contributed by atoms with Crippen molar-refractivity contribution in [3.8, 4) is 0 Å². The van der Waals surface area contributed by atoms with Gasteiger partial charge < -0.3 is 10.6 Å². The first-order chi connectivity index (χ1) is 13.5. The van der Waals surface area contributed by atoms with Crippen molar-refractivity contribution in [1.82, 2.24) is 4.31 Å². The summed E-state index contributed by atoms with van der Waals surface area (Å²) in [6.45, 7) is 3.63. The molecule has 0 atom stereocenters. The molecule has 2 aromatic carbocycles. The number of carbonyl (C=O) groups excluding carboxylic acids is 1. The fraction of sp³-hybridized carbons (Fsp3) is 0.381. The van der Waals surface area contributed by atoms with Crippen molar-refractivity contribution in [3.63, 3.8) is 0 Å². The highest BCUT2D eigenvalue weighted by molar-refractivity contribution is 7.89. The molecule has 0 bridgehead atoms. The predicted molar refractivity (Wildman–Crippen MR) is 112 cm³/mol. The number of amides is 1. The quantitative estimate of drug-likeness (QED) is 0.743. The van der Waals surface area contributed by atoms with E-state index in [1.165, 1.54) is 10.4 Å². The molecule has 0 unspecified atom stereocenters. The van der Waals surface area contributed by atoms with Gasteiger partial charge in [0.05, 0.1) is 4.90 Å². The van der Waals surface area contributed by atoms with E-state index in [-0.39, 0.29) is 17.2 Å². The Morgan fingerprint density at radius 2 is 1.79 bits per heavy atom. The highest BCUT2D eigenvalue weighted by Gasteiger charge is 2.26. The van der Waals surface area contributed by atoms with Gasteiger partial charge in [0, 0.05) is 37.4 Å². The minimum atomic E-state index is -3.51. The molecule has 1 aliphatic rings. The summed E-state index contributed by atoms with van der Waals surface area (Å²) in [5, 5.41) is 6.04. The zero-order valence-electron chi connectivity index (χ0n) is 16.1. The van der Waals surface area contributed by atoms with Crippen molar-refractivity contribution < 1.29 is 13.2 Å². The molecule has 28 heavy (non-hydrogen) atoms. The number of nitrogens with one attached hydrogen (secondary N) is 2. The molecule has 1 saturated heterocycles. The second-order valence-electron chi connectivity index (χ2n) is 7.03. The van der Waals surface area contributed by atoms with E-state index in [0.29, 0.717) is 25.3 Å². The standard InChI is InChI=1S/C21H27N3O3S/c1-17-8-3-4-11-20(17)22-13-12-21(25)23-18-9-7-10-19(16-18)28(26,27)24-14-5-2-6-15-24/h3-4,7-11,16,22H,2,5-6,12-15H2,1H3,(H,23,25). The molecule has 1 fully saturated rings. The maximum atomic E-state index is 12.8. The predicted octanol–water partition coefficient (Wildman–Crippen LogP) is 3.61. The van der Waals surface area contributed by atoms with Gasteiger partial charge in [-0.2, -0.15) is 4.31 Å². The van der Waals surface area contributed by atoms with Crippen LogP contribution >= 0.6 is 0 Å². The lowest BCUT2D eigenvalue weighted by atomic mass is 10.2. The largest absolute Gasteiger partial charge is 0.384 e.